The maximum Gasteiger partial charge on any atom is 0.260 e. The normalized spacial score (nSPS) is 20.6. The van der Waals surface area contributed by atoms with Crippen LogP contribution in [0.2, 0.25) is 0 Å². The number of nitrogens with two attached hydrogens (primary N) is 2. The molecule has 4 aromatic rings. The number of aliphatic hydroxyl groups excluding tert-OH is 1. The average molecular weight is 653 g/mol. The second-order valence-electron chi connectivity index (χ2n) is 12.8. The number of hydrogen-bond donors (Lipinski definition) is 4. The number of carbonyl (C=O) groups is 1. The number of fused-ring (bicyclic) bond motifs is 2. The zero-order valence-electron chi connectivity index (χ0n) is 26.0. The van der Waals surface area contributed by atoms with Crippen LogP contribution in [0.25, 0.3) is 21.1 Å². The molecular formula is C33H44N6O4S2. The molecule has 1 atom stereocenters. The smallest absolute Gasteiger partial charge is 0.260 e. The number of amides is 1. The Bertz CT molecular complexity index is 1800. The minimum absolute atomic E-state index is 0.169. The zero-order chi connectivity index (χ0) is 31.9. The number of hydrogen-bond acceptors (Lipinski definition) is 9. The van der Waals surface area contributed by atoms with E-state index >= 15 is 0 Å². The maximum absolute atomic E-state index is 14.0. The van der Waals surface area contributed by atoms with Gasteiger partial charge in [-0.15, -0.1) is 11.3 Å². The molecule has 1 aliphatic heterocycles. The van der Waals surface area contributed by atoms with E-state index in [0.717, 1.165) is 78.6 Å². The first-order valence-corrected chi connectivity index (χ1v) is 18.4. The van der Waals surface area contributed by atoms with E-state index in [0.29, 0.717) is 40.5 Å². The van der Waals surface area contributed by atoms with Crippen LogP contribution >= 0.6 is 11.3 Å². The largest absolute Gasteiger partial charge is 0.397 e. The van der Waals surface area contributed by atoms with Crippen molar-refractivity contribution in [2.75, 3.05) is 30.3 Å². The van der Waals surface area contributed by atoms with Gasteiger partial charge in [0.05, 0.1) is 22.1 Å². The summed E-state index contributed by atoms with van der Waals surface area (Å²) < 4.78 is 29.3. The molecule has 242 valence electrons. The summed E-state index contributed by atoms with van der Waals surface area (Å²) in [4.78, 5) is 20.2. The molecule has 45 heavy (non-hydrogen) atoms. The van der Waals surface area contributed by atoms with E-state index < -0.39 is 27.3 Å². The van der Waals surface area contributed by atoms with Gasteiger partial charge in [0, 0.05) is 36.4 Å². The third-order valence-corrected chi connectivity index (χ3v) is 12.9. The van der Waals surface area contributed by atoms with Crippen molar-refractivity contribution in [2.45, 2.75) is 82.6 Å². The number of carbonyl (C=O) groups excluding carboxylic acids is 1. The monoisotopic (exact) mass is 652 g/mol. The summed E-state index contributed by atoms with van der Waals surface area (Å²) >= 11 is 1.25. The molecule has 4 heterocycles. The Hall–Kier alpha value is -3.19. The van der Waals surface area contributed by atoms with Crippen molar-refractivity contribution >= 4 is 59.9 Å². The van der Waals surface area contributed by atoms with Gasteiger partial charge in [0.2, 0.25) is 10.0 Å². The van der Waals surface area contributed by atoms with Gasteiger partial charge in [0.25, 0.3) is 5.91 Å². The Kier molecular flexibility index (Phi) is 9.11. The Labute approximate surface area is 268 Å². The molecule has 1 aliphatic carbocycles. The fourth-order valence-corrected chi connectivity index (χ4v) is 10.1. The van der Waals surface area contributed by atoms with E-state index in [-0.39, 0.29) is 12.6 Å². The lowest BCUT2D eigenvalue weighted by atomic mass is 9.91. The summed E-state index contributed by atoms with van der Waals surface area (Å²) in [6, 6.07) is 11.6. The predicted octanol–water partition coefficient (Wildman–Crippen LogP) is 4.93. The van der Waals surface area contributed by atoms with E-state index in [2.05, 4.69) is 30.1 Å². The van der Waals surface area contributed by atoms with Crippen LogP contribution in [-0.2, 0) is 16.4 Å². The van der Waals surface area contributed by atoms with Gasteiger partial charge in [-0.2, -0.15) is 0 Å². The molecule has 3 aromatic heterocycles. The molecule has 1 amide bonds. The Morgan fingerprint density at radius 2 is 1.84 bits per heavy atom. The summed E-state index contributed by atoms with van der Waals surface area (Å²) in [7, 11) is -3.67. The molecular weight excluding hydrogens is 609 g/mol. The van der Waals surface area contributed by atoms with Crippen molar-refractivity contribution in [1.29, 1.82) is 0 Å². The van der Waals surface area contributed by atoms with Crippen molar-refractivity contribution < 1.29 is 18.3 Å². The highest BCUT2D eigenvalue weighted by Gasteiger charge is 2.34. The number of piperidine rings is 1. The van der Waals surface area contributed by atoms with Crippen molar-refractivity contribution in [3.05, 3.63) is 52.5 Å². The number of primary amides is 1. The molecule has 1 saturated carbocycles. The van der Waals surface area contributed by atoms with Crippen LogP contribution in [0.4, 0.5) is 11.5 Å². The quantitative estimate of drug-likeness (QED) is 0.188. The highest BCUT2D eigenvalue weighted by atomic mass is 32.2. The number of anilines is 2. The number of benzene rings is 1. The van der Waals surface area contributed by atoms with Crippen LogP contribution in [0, 0.1) is 5.92 Å². The van der Waals surface area contributed by atoms with E-state index in [1.807, 2.05) is 30.3 Å². The van der Waals surface area contributed by atoms with Gasteiger partial charge >= 0.3 is 0 Å². The molecule has 1 saturated heterocycles. The number of rotatable bonds is 10. The first kappa shape index (κ1) is 31.8. The van der Waals surface area contributed by atoms with Gasteiger partial charge in [-0.3, -0.25) is 4.79 Å². The van der Waals surface area contributed by atoms with E-state index in [4.69, 9.17) is 16.5 Å². The summed E-state index contributed by atoms with van der Waals surface area (Å²) in [6.45, 7) is 6.10. The number of pyridine rings is 1. The standard InChI is InChI=1S/C33H44N6O4S2/c1-3-6-22-18-28(37-33-29(22)30(34)31(44-33)32(35)41)38-15-13-23(14-16-38)36-19-27(40)26-17-21-7-4-5-8-25(21)39(26)45(42,43)24-11-9-20(2)10-12-24/h4-5,7-8,17-18,20,23-24,27,36,40H,3,6,9-16,19,34H2,1-2H3,(H2,35,41). The summed E-state index contributed by atoms with van der Waals surface area (Å²) in [5.41, 5.74) is 14.4. The first-order chi connectivity index (χ1) is 21.6. The number of aliphatic hydroxyl groups is 1. The van der Waals surface area contributed by atoms with Gasteiger partial charge in [0.15, 0.2) is 0 Å². The third-order valence-electron chi connectivity index (χ3n) is 9.60. The van der Waals surface area contributed by atoms with Crippen molar-refractivity contribution in [1.82, 2.24) is 14.3 Å². The highest BCUT2D eigenvalue weighted by Crippen LogP contribution is 2.38. The minimum Gasteiger partial charge on any atom is -0.397 e. The molecule has 2 aliphatic rings. The number of para-hydroxylation sites is 1. The van der Waals surface area contributed by atoms with Crippen LogP contribution in [0.5, 0.6) is 0 Å². The lowest BCUT2D eigenvalue weighted by molar-refractivity contribution is 0.100. The summed E-state index contributed by atoms with van der Waals surface area (Å²) in [5.74, 6) is 0.878. The van der Waals surface area contributed by atoms with Gasteiger partial charge in [-0.1, -0.05) is 38.5 Å². The van der Waals surface area contributed by atoms with Crippen molar-refractivity contribution in [3.63, 3.8) is 0 Å². The fourth-order valence-electron chi connectivity index (χ4n) is 7.04. The van der Waals surface area contributed by atoms with Gasteiger partial charge in [-0.05, 0) is 74.6 Å². The lowest BCUT2D eigenvalue weighted by Crippen LogP contribution is -2.44. The van der Waals surface area contributed by atoms with Crippen LogP contribution < -0.4 is 21.7 Å². The van der Waals surface area contributed by atoms with Gasteiger partial charge in [-0.25, -0.2) is 17.4 Å². The average Bonchev–Trinajstić information content (AvgIpc) is 3.59. The van der Waals surface area contributed by atoms with E-state index in [9.17, 15) is 18.3 Å². The molecule has 0 bridgehead atoms. The number of thiophene rings is 1. The zero-order valence-corrected chi connectivity index (χ0v) is 27.7. The predicted molar refractivity (Wildman–Crippen MR) is 182 cm³/mol. The second-order valence-corrected chi connectivity index (χ2v) is 15.8. The van der Waals surface area contributed by atoms with Crippen LogP contribution in [0.3, 0.4) is 0 Å². The topological polar surface area (TPSA) is 157 Å². The Morgan fingerprint density at radius 3 is 2.53 bits per heavy atom. The molecule has 2 fully saturated rings. The van der Waals surface area contributed by atoms with Crippen LogP contribution in [0.15, 0.2) is 36.4 Å². The number of aromatic nitrogens is 2. The number of aryl methyl sites for hydroxylation is 1. The minimum atomic E-state index is -3.67. The molecule has 6 N–H and O–H groups in total. The third kappa shape index (κ3) is 6.17. The van der Waals surface area contributed by atoms with E-state index in [1.165, 1.54) is 15.3 Å². The number of nitrogen functional groups attached to an aromatic ring is 1. The molecule has 1 aromatic carbocycles. The summed E-state index contributed by atoms with van der Waals surface area (Å²) in [6.07, 6.45) is 5.58. The second kappa shape index (κ2) is 12.9. The Morgan fingerprint density at radius 1 is 1.13 bits per heavy atom. The number of nitrogens with one attached hydrogen (secondary N) is 1. The van der Waals surface area contributed by atoms with Crippen molar-refractivity contribution in [2.24, 2.45) is 11.7 Å². The molecule has 0 spiro atoms. The molecule has 12 heteroatoms. The SMILES string of the molecule is CCCc1cc(N2CCC(NCC(O)c3cc4ccccc4n3S(=O)(=O)C3CCC(C)CC3)CC2)nc2sc(C(N)=O)c(N)c12. The Balaban J connectivity index is 1.15. The fraction of sp³-hybridized carbons (Fsp3) is 0.515. The van der Waals surface area contributed by atoms with E-state index in [1.54, 1.807) is 0 Å². The lowest BCUT2D eigenvalue weighted by Gasteiger charge is -2.34. The maximum atomic E-state index is 14.0. The molecule has 0 radical (unpaired) electrons. The van der Waals surface area contributed by atoms with Gasteiger partial charge < -0.3 is 26.8 Å². The first-order valence-electron chi connectivity index (χ1n) is 16.1. The van der Waals surface area contributed by atoms with Crippen molar-refractivity contribution in [3.8, 4) is 0 Å². The molecule has 6 rings (SSSR count). The number of nitrogens with zero attached hydrogens (tertiary/aromatic N) is 3. The molecule has 1 unspecified atom stereocenters. The van der Waals surface area contributed by atoms with Crippen LogP contribution in [-0.4, -0.2) is 59.3 Å². The molecule has 10 nitrogen and oxygen atoms in total. The highest BCUT2D eigenvalue weighted by molar-refractivity contribution is 7.90. The summed E-state index contributed by atoms with van der Waals surface area (Å²) in [5, 5.41) is 16.1. The van der Waals surface area contributed by atoms with Gasteiger partial charge in [0.1, 0.15) is 21.6 Å². The van der Waals surface area contributed by atoms with Crippen LogP contribution in [0.1, 0.15) is 85.8 Å².